The van der Waals surface area contributed by atoms with Crippen molar-refractivity contribution in [2.24, 2.45) is 5.92 Å². The molecule has 2 aliphatic rings. The van der Waals surface area contributed by atoms with Gasteiger partial charge in [0, 0.05) is 40.9 Å². The van der Waals surface area contributed by atoms with E-state index in [9.17, 15) is 28.7 Å². The average Bonchev–Trinajstić information content (AvgIpc) is 4.00. The first-order valence-corrected chi connectivity index (χ1v) is 23.9. The molecule has 16 heteroatoms. The van der Waals surface area contributed by atoms with E-state index in [0.29, 0.717) is 24.0 Å². The Bertz CT molecular complexity index is 2150. The standard InChI is InChI=1S/C19H25NOS.C14H20O.C12H11NO5S2.CH2O3.Na/c1-2-11-20(12-10-17-6-4-13-22-17)16-8-9-18-15(14-16)5-3-7-19(18)21;1-2-3-5-11-8-9-13-12(10-11)6-4-7-14(13)15;14-13(15)10-3-5-12(6-4-10)20(16,17)18-8-7-11-2-1-9-19-11;2-1-4-3;/h3-7,13,16,21H,2,8-12,14H2,1H3;4,6-7,11,15H,2-3,5,8-10H2,1H3;1-6,9H,7-8H2;1,3H;/q;;;;+1/p-1/t16-;11-;;;/m00.../s1. The van der Waals surface area contributed by atoms with Gasteiger partial charge in [-0.15, -0.1) is 22.7 Å². The Morgan fingerprint density at radius 2 is 1.39 bits per heavy atom. The van der Waals surface area contributed by atoms with Gasteiger partial charge in [-0.1, -0.05) is 69.5 Å². The number of rotatable bonds is 16. The molecule has 5 aromatic rings. The zero-order valence-corrected chi connectivity index (χ0v) is 40.3. The molecule has 2 aromatic heterocycles. The summed E-state index contributed by atoms with van der Waals surface area (Å²) in [6.07, 6.45) is 13.6. The van der Waals surface area contributed by atoms with Gasteiger partial charge in [-0.05, 0) is 133 Å². The Hall–Kier alpha value is -3.64. The Morgan fingerprint density at radius 1 is 0.806 bits per heavy atom. The van der Waals surface area contributed by atoms with Crippen LogP contribution in [0.1, 0.15) is 84.4 Å². The number of thiophene rings is 2. The van der Waals surface area contributed by atoms with Gasteiger partial charge in [0.15, 0.2) is 0 Å². The molecule has 0 radical (unpaired) electrons. The molecule has 0 amide bonds. The molecule has 2 heterocycles. The zero-order chi connectivity index (χ0) is 44.0. The van der Waals surface area contributed by atoms with Gasteiger partial charge >= 0.3 is 29.6 Å². The van der Waals surface area contributed by atoms with Gasteiger partial charge in [-0.25, -0.2) is 0 Å². The van der Waals surface area contributed by atoms with E-state index in [1.165, 1.54) is 95.7 Å². The first kappa shape index (κ1) is 52.7. The number of phenols is 2. The van der Waals surface area contributed by atoms with Crippen molar-refractivity contribution in [3.8, 4) is 11.5 Å². The van der Waals surface area contributed by atoms with Crippen molar-refractivity contribution in [1.82, 2.24) is 4.90 Å². The number of nitro groups is 1. The first-order valence-electron chi connectivity index (χ1n) is 20.7. The van der Waals surface area contributed by atoms with E-state index < -0.39 is 15.0 Å². The molecule has 330 valence electrons. The van der Waals surface area contributed by atoms with Crippen LogP contribution in [0.4, 0.5) is 5.69 Å². The number of non-ortho nitro benzene ring substituents is 1. The predicted octanol–water partition coefficient (Wildman–Crippen LogP) is 6.00. The Labute approximate surface area is 396 Å². The summed E-state index contributed by atoms with van der Waals surface area (Å²) in [5.74, 6) is 1.83. The summed E-state index contributed by atoms with van der Waals surface area (Å²) in [6, 6.07) is 25.3. The second-order valence-corrected chi connectivity index (χ2v) is 18.6. The van der Waals surface area contributed by atoms with Crippen LogP contribution in [0, 0.1) is 16.0 Å². The number of hydrogen-bond donors (Lipinski definition) is 2. The molecular weight excluding hydrogens is 860 g/mol. The van der Waals surface area contributed by atoms with E-state index in [1.54, 1.807) is 0 Å². The third-order valence-corrected chi connectivity index (χ3v) is 14.0. The van der Waals surface area contributed by atoms with Gasteiger partial charge in [0.2, 0.25) is 0 Å². The van der Waals surface area contributed by atoms with Crippen LogP contribution in [0.5, 0.6) is 11.5 Å². The van der Waals surface area contributed by atoms with Crippen molar-refractivity contribution in [3.05, 3.63) is 138 Å². The van der Waals surface area contributed by atoms with Crippen LogP contribution in [0.3, 0.4) is 0 Å². The number of benzene rings is 3. The summed E-state index contributed by atoms with van der Waals surface area (Å²) < 4.78 is 28.6. The number of nitrogens with zero attached hydrogens (tertiary/aromatic N) is 2. The smallest absolute Gasteiger partial charge is 0.662 e. The quantitative estimate of drug-likeness (QED) is 0.0296. The molecule has 12 nitrogen and oxygen atoms in total. The van der Waals surface area contributed by atoms with E-state index in [1.807, 2.05) is 53.1 Å². The Kier molecular flexibility index (Phi) is 24.0. The van der Waals surface area contributed by atoms with Gasteiger partial charge in [0.1, 0.15) is 11.5 Å². The topological polar surface area (TPSA) is 180 Å². The van der Waals surface area contributed by atoms with Crippen LogP contribution in [0.25, 0.3) is 0 Å². The van der Waals surface area contributed by atoms with Crippen molar-refractivity contribution in [2.75, 3.05) is 19.7 Å². The molecule has 0 fully saturated rings. The van der Waals surface area contributed by atoms with Crippen LogP contribution in [0.15, 0.2) is 101 Å². The number of carbonyl (C=O) groups excluding carboxylic acids is 1. The number of fused-ring (bicyclic) bond motifs is 2. The van der Waals surface area contributed by atoms with E-state index in [2.05, 4.69) is 53.3 Å². The van der Waals surface area contributed by atoms with Gasteiger partial charge in [-0.2, -0.15) is 8.42 Å². The normalized spacial score (nSPS) is 15.1. The molecule has 0 saturated heterocycles. The second kappa shape index (κ2) is 28.2. The first-order chi connectivity index (χ1) is 29.5. The molecule has 0 spiro atoms. The monoisotopic (exact) mass is 916 g/mol. The zero-order valence-electron chi connectivity index (χ0n) is 35.9. The van der Waals surface area contributed by atoms with Crippen LogP contribution in [0.2, 0.25) is 0 Å². The molecule has 3 aromatic carbocycles. The van der Waals surface area contributed by atoms with Gasteiger partial charge < -0.3 is 20.4 Å². The minimum absolute atomic E-state index is 0. The number of unbranched alkanes of at least 4 members (excludes halogenated alkanes) is 1. The SMILES string of the molecule is CCCC[C@H]1CCc2c(O)cccc2C1.CCCN(CCc1cccs1)[C@H]1CCc2c(O)cccc2C1.O=CO[O-].O=[N+]([O-])c1ccc(S(=O)(=O)OCCc2cccs2)cc1.[Na+]. The molecular formula is C46H57N2NaO10S3. The third kappa shape index (κ3) is 17.1. The summed E-state index contributed by atoms with van der Waals surface area (Å²) in [5.41, 5.74) is 4.93. The molecule has 0 aliphatic heterocycles. The molecule has 2 aliphatic carbocycles. The fraction of sp³-hybridized carbons (Fsp3) is 0.413. The van der Waals surface area contributed by atoms with Gasteiger partial charge in [0.25, 0.3) is 22.3 Å². The van der Waals surface area contributed by atoms with Crippen molar-refractivity contribution in [3.63, 3.8) is 0 Å². The summed E-state index contributed by atoms with van der Waals surface area (Å²) >= 11 is 3.39. The number of hydrogen-bond acceptors (Lipinski definition) is 13. The maximum Gasteiger partial charge on any atom is 1.00 e. The van der Waals surface area contributed by atoms with Crippen LogP contribution in [-0.2, 0) is 62.5 Å². The second-order valence-electron chi connectivity index (χ2n) is 14.9. The van der Waals surface area contributed by atoms with Crippen LogP contribution in [-0.4, -0.2) is 60.7 Å². The predicted molar refractivity (Wildman–Crippen MR) is 238 cm³/mol. The fourth-order valence-corrected chi connectivity index (χ4v) is 9.96. The van der Waals surface area contributed by atoms with Gasteiger partial charge in [0.05, 0.1) is 16.4 Å². The molecule has 62 heavy (non-hydrogen) atoms. The maximum atomic E-state index is 11.9. The number of phenolic OH excluding ortho intramolecular Hbond substituents is 2. The van der Waals surface area contributed by atoms with E-state index in [0.717, 1.165) is 61.6 Å². The summed E-state index contributed by atoms with van der Waals surface area (Å²) in [7, 11) is -3.87. The average molecular weight is 917 g/mol. The molecule has 2 atom stereocenters. The van der Waals surface area contributed by atoms with E-state index >= 15 is 0 Å². The molecule has 0 saturated carbocycles. The molecule has 7 rings (SSSR count). The minimum Gasteiger partial charge on any atom is -0.662 e. The molecule has 0 unspecified atom stereocenters. The van der Waals surface area contributed by atoms with E-state index in [4.69, 9.17) is 14.2 Å². The number of nitro benzene ring substituents is 1. The Morgan fingerprint density at radius 3 is 1.92 bits per heavy atom. The minimum atomic E-state index is -3.87. The maximum absolute atomic E-state index is 11.9. The van der Waals surface area contributed by atoms with Crippen LogP contribution >= 0.6 is 22.7 Å². The Balaban J connectivity index is 0.000000239. The van der Waals surface area contributed by atoms with Crippen molar-refractivity contribution < 1.29 is 72.2 Å². The molecule has 0 bridgehead atoms. The molecule has 2 N–H and O–H groups in total. The van der Waals surface area contributed by atoms with Crippen molar-refractivity contribution in [1.29, 1.82) is 0 Å². The van der Waals surface area contributed by atoms with E-state index in [-0.39, 0.29) is 53.2 Å². The van der Waals surface area contributed by atoms with Gasteiger partial charge in [-0.3, -0.25) is 24.0 Å². The van der Waals surface area contributed by atoms with Crippen molar-refractivity contribution in [2.45, 2.75) is 102 Å². The summed E-state index contributed by atoms with van der Waals surface area (Å²) in [6.45, 7) is 6.69. The largest absolute Gasteiger partial charge is 1.00 e. The van der Waals surface area contributed by atoms with Crippen molar-refractivity contribution >= 4 is 45.0 Å². The summed E-state index contributed by atoms with van der Waals surface area (Å²) in [5, 5.41) is 42.7. The third-order valence-electron chi connectivity index (χ3n) is 10.8. The van der Waals surface area contributed by atoms with Crippen LogP contribution < -0.4 is 34.8 Å². The fourth-order valence-electron chi connectivity index (χ4n) is 7.66. The number of carbonyl (C=O) groups is 1. The number of aromatic hydroxyl groups is 2. The summed E-state index contributed by atoms with van der Waals surface area (Å²) in [4.78, 5) is 26.2.